The molecule has 7 heteroatoms. The predicted molar refractivity (Wildman–Crippen MR) is 75.5 cm³/mol. The molecule has 0 aliphatic carbocycles. The lowest BCUT2D eigenvalue weighted by molar-refractivity contribution is 0.0981. The Morgan fingerprint density at radius 2 is 1.90 bits per heavy atom. The highest BCUT2D eigenvalue weighted by molar-refractivity contribution is 7.87. The number of amides is 1. The minimum Gasteiger partial charge on any atom is -0.360 e. The quantitative estimate of drug-likeness (QED) is 0.893. The Balaban J connectivity index is 1.86. The third kappa shape index (κ3) is 2.30. The highest BCUT2D eigenvalue weighted by Crippen LogP contribution is 2.18. The molecular weight excluding hydrogens is 278 g/mol. The molecule has 1 aromatic heterocycles. The Bertz CT molecular complexity index is 745. The zero-order chi connectivity index (χ0) is 14.2. The lowest BCUT2D eigenvalue weighted by Gasteiger charge is -2.15. The number of benzene rings is 1. The van der Waals surface area contributed by atoms with Gasteiger partial charge >= 0.3 is 10.2 Å². The van der Waals surface area contributed by atoms with Crippen LogP contribution in [0, 0.1) is 0 Å². The second-order valence-corrected chi connectivity index (χ2v) is 6.46. The Morgan fingerprint density at radius 3 is 2.65 bits per heavy atom. The van der Waals surface area contributed by atoms with E-state index in [1.807, 2.05) is 18.2 Å². The Labute approximate surface area is 117 Å². The second kappa shape index (κ2) is 4.92. The van der Waals surface area contributed by atoms with Crippen LogP contribution in [0.4, 0.5) is 0 Å². The van der Waals surface area contributed by atoms with E-state index in [0.29, 0.717) is 24.0 Å². The molecule has 2 aromatic rings. The predicted octanol–water partition coefficient (Wildman–Crippen LogP) is 1.24. The third-order valence-electron chi connectivity index (χ3n) is 3.46. The number of hydrogen-bond donors (Lipinski definition) is 2. The molecule has 6 nitrogen and oxygen atoms in total. The lowest BCUT2D eigenvalue weighted by atomic mass is 10.2. The van der Waals surface area contributed by atoms with Crippen LogP contribution in [-0.2, 0) is 10.2 Å². The van der Waals surface area contributed by atoms with Crippen molar-refractivity contribution in [3.8, 4) is 0 Å². The molecule has 106 valence electrons. The molecule has 1 aliphatic heterocycles. The zero-order valence-corrected chi connectivity index (χ0v) is 11.6. The first-order chi connectivity index (χ1) is 9.58. The van der Waals surface area contributed by atoms with Gasteiger partial charge in [0.15, 0.2) is 0 Å². The van der Waals surface area contributed by atoms with Crippen LogP contribution in [0.25, 0.3) is 10.9 Å². The van der Waals surface area contributed by atoms with E-state index < -0.39 is 16.1 Å². The number of nitrogens with one attached hydrogen (secondary N) is 2. The van der Waals surface area contributed by atoms with Crippen molar-refractivity contribution in [3.63, 3.8) is 0 Å². The number of H-pyrrole nitrogens is 1. The summed E-state index contributed by atoms with van der Waals surface area (Å²) in [4.78, 5) is 15.1. The lowest BCUT2D eigenvalue weighted by Crippen LogP contribution is -2.41. The highest BCUT2D eigenvalue weighted by atomic mass is 32.2. The summed E-state index contributed by atoms with van der Waals surface area (Å²) in [5.41, 5.74) is 1.14. The van der Waals surface area contributed by atoms with E-state index in [1.165, 1.54) is 10.5 Å². The average Bonchev–Trinajstić information content (AvgIpc) is 3.08. The van der Waals surface area contributed by atoms with Gasteiger partial charge in [-0.05, 0) is 18.9 Å². The summed E-state index contributed by atoms with van der Waals surface area (Å²) in [6.07, 6.45) is 3.20. The summed E-state index contributed by atoms with van der Waals surface area (Å²) in [6.45, 7) is 0.937. The molecule has 0 atom stereocenters. The molecular formula is C13H15N3O3S. The number of carbonyl (C=O) groups is 1. The van der Waals surface area contributed by atoms with Gasteiger partial charge in [-0.2, -0.15) is 12.7 Å². The van der Waals surface area contributed by atoms with Crippen LogP contribution in [0.5, 0.6) is 0 Å². The molecule has 1 aromatic carbocycles. The molecule has 3 rings (SSSR count). The molecule has 2 N–H and O–H groups in total. The molecule has 1 fully saturated rings. The van der Waals surface area contributed by atoms with Crippen molar-refractivity contribution in [2.24, 2.45) is 0 Å². The fourth-order valence-electron chi connectivity index (χ4n) is 2.42. The van der Waals surface area contributed by atoms with Gasteiger partial charge in [0.05, 0.1) is 5.56 Å². The van der Waals surface area contributed by atoms with Crippen LogP contribution < -0.4 is 4.72 Å². The maximum atomic E-state index is 12.2. The molecule has 1 amide bonds. The van der Waals surface area contributed by atoms with Gasteiger partial charge in [-0.3, -0.25) is 4.79 Å². The van der Waals surface area contributed by atoms with E-state index in [1.54, 1.807) is 6.07 Å². The smallest absolute Gasteiger partial charge is 0.304 e. The summed E-state index contributed by atoms with van der Waals surface area (Å²) < 4.78 is 27.6. The van der Waals surface area contributed by atoms with Gasteiger partial charge in [0.2, 0.25) is 0 Å². The number of aromatic nitrogens is 1. The Hall–Kier alpha value is -1.86. The number of rotatable bonds is 3. The standard InChI is InChI=1S/C13H15N3O3S/c17-13(15-20(18,19)16-7-3-4-8-16)11-9-14-12-6-2-1-5-10(11)12/h1-2,5-6,9,14H,3-4,7-8H2,(H,15,17). The number of fused-ring (bicyclic) bond motifs is 1. The molecule has 1 saturated heterocycles. The van der Waals surface area contributed by atoms with E-state index in [0.717, 1.165) is 18.4 Å². The molecule has 20 heavy (non-hydrogen) atoms. The minimum atomic E-state index is -3.73. The maximum absolute atomic E-state index is 12.2. The van der Waals surface area contributed by atoms with E-state index in [9.17, 15) is 13.2 Å². The van der Waals surface area contributed by atoms with Crippen molar-refractivity contribution in [2.75, 3.05) is 13.1 Å². The first kappa shape index (κ1) is 13.1. The van der Waals surface area contributed by atoms with Crippen molar-refractivity contribution in [1.82, 2.24) is 14.0 Å². The van der Waals surface area contributed by atoms with Gasteiger partial charge in [0.25, 0.3) is 5.91 Å². The highest BCUT2D eigenvalue weighted by Gasteiger charge is 2.27. The summed E-state index contributed by atoms with van der Waals surface area (Å²) in [6, 6.07) is 7.27. The number of nitrogens with zero attached hydrogens (tertiary/aromatic N) is 1. The van der Waals surface area contributed by atoms with Crippen molar-refractivity contribution in [2.45, 2.75) is 12.8 Å². The SMILES string of the molecule is O=C(NS(=O)(=O)N1CCCC1)c1c[nH]c2ccccc12. The number of hydrogen-bond acceptors (Lipinski definition) is 3. The van der Waals surface area contributed by atoms with E-state index in [-0.39, 0.29) is 0 Å². The molecule has 0 unspecified atom stereocenters. The number of carbonyl (C=O) groups excluding carboxylic acids is 1. The molecule has 0 spiro atoms. The third-order valence-corrected chi connectivity index (χ3v) is 4.95. The number of para-hydroxylation sites is 1. The van der Waals surface area contributed by atoms with Crippen LogP contribution in [0.1, 0.15) is 23.2 Å². The average molecular weight is 293 g/mol. The van der Waals surface area contributed by atoms with Gasteiger partial charge < -0.3 is 4.98 Å². The summed E-state index contributed by atoms with van der Waals surface area (Å²) in [7, 11) is -3.73. The molecule has 2 heterocycles. The second-order valence-electron chi connectivity index (χ2n) is 4.79. The van der Waals surface area contributed by atoms with Crippen LogP contribution in [-0.4, -0.2) is 36.7 Å². The van der Waals surface area contributed by atoms with Crippen LogP contribution in [0.15, 0.2) is 30.5 Å². The number of aromatic amines is 1. The monoisotopic (exact) mass is 293 g/mol. The van der Waals surface area contributed by atoms with Crippen molar-refractivity contribution >= 4 is 27.0 Å². The zero-order valence-electron chi connectivity index (χ0n) is 10.8. The maximum Gasteiger partial charge on any atom is 0.304 e. The van der Waals surface area contributed by atoms with Crippen molar-refractivity contribution in [1.29, 1.82) is 0 Å². The molecule has 0 bridgehead atoms. The first-order valence-electron chi connectivity index (χ1n) is 6.46. The van der Waals surface area contributed by atoms with Gasteiger partial charge in [-0.25, -0.2) is 4.72 Å². The van der Waals surface area contributed by atoms with E-state index >= 15 is 0 Å². The first-order valence-corrected chi connectivity index (χ1v) is 7.90. The van der Waals surface area contributed by atoms with Gasteiger partial charge in [0.1, 0.15) is 0 Å². The minimum absolute atomic E-state index is 0.336. The van der Waals surface area contributed by atoms with Crippen molar-refractivity contribution in [3.05, 3.63) is 36.0 Å². The van der Waals surface area contributed by atoms with E-state index in [4.69, 9.17) is 0 Å². The van der Waals surface area contributed by atoms with Gasteiger partial charge in [-0.1, -0.05) is 18.2 Å². The fraction of sp³-hybridized carbons (Fsp3) is 0.308. The molecule has 1 aliphatic rings. The van der Waals surface area contributed by atoms with Crippen LogP contribution in [0.3, 0.4) is 0 Å². The van der Waals surface area contributed by atoms with E-state index in [2.05, 4.69) is 9.71 Å². The fourth-order valence-corrected chi connectivity index (χ4v) is 3.64. The Morgan fingerprint density at radius 1 is 1.20 bits per heavy atom. The topological polar surface area (TPSA) is 82.3 Å². The van der Waals surface area contributed by atoms with Gasteiger partial charge in [0, 0.05) is 30.2 Å². The van der Waals surface area contributed by atoms with Crippen molar-refractivity contribution < 1.29 is 13.2 Å². The Kier molecular flexibility index (Phi) is 3.23. The largest absolute Gasteiger partial charge is 0.360 e. The molecule has 0 radical (unpaired) electrons. The summed E-state index contributed by atoms with van der Waals surface area (Å²) in [5, 5.41) is 0.710. The van der Waals surface area contributed by atoms with Crippen LogP contribution >= 0.6 is 0 Å². The summed E-state index contributed by atoms with van der Waals surface area (Å²) in [5.74, 6) is -0.602. The normalized spacial score (nSPS) is 16.6. The van der Waals surface area contributed by atoms with Crippen LogP contribution in [0.2, 0.25) is 0 Å². The summed E-state index contributed by atoms with van der Waals surface area (Å²) >= 11 is 0. The van der Waals surface area contributed by atoms with Gasteiger partial charge in [-0.15, -0.1) is 0 Å². The molecule has 0 saturated carbocycles.